The molecule has 3 N–H and O–H groups in total. The number of rotatable bonds is 2. The van der Waals surface area contributed by atoms with Gasteiger partial charge in [-0.3, -0.25) is 4.79 Å². The first-order valence-electron chi connectivity index (χ1n) is 5.46. The topological polar surface area (TPSA) is 68.0 Å². The van der Waals surface area contributed by atoms with Crippen LogP contribution < -0.4 is 11.1 Å². The molecular weight excluding hydrogens is 330 g/mol. The Morgan fingerprint density at radius 2 is 2.21 bits per heavy atom. The Balaban J connectivity index is 2.31. The molecule has 1 aromatic carbocycles. The molecule has 1 heterocycles. The van der Waals surface area contributed by atoms with Gasteiger partial charge < -0.3 is 11.1 Å². The molecule has 98 valence electrons. The molecule has 6 heteroatoms. The summed E-state index contributed by atoms with van der Waals surface area (Å²) in [7, 11) is 0. The Hall–Kier alpha value is -1.59. The van der Waals surface area contributed by atoms with Crippen LogP contribution in [0.2, 0.25) is 5.15 Å². The van der Waals surface area contributed by atoms with Gasteiger partial charge in [0.05, 0.1) is 15.7 Å². The Kier molecular flexibility index (Phi) is 4.07. The van der Waals surface area contributed by atoms with Crippen molar-refractivity contribution in [3.05, 3.63) is 51.2 Å². The molecule has 0 saturated carbocycles. The number of hydrogen-bond donors (Lipinski definition) is 2. The number of hydrogen-bond acceptors (Lipinski definition) is 3. The van der Waals surface area contributed by atoms with Crippen molar-refractivity contribution in [2.45, 2.75) is 6.92 Å². The second kappa shape index (κ2) is 5.59. The molecule has 2 rings (SSSR count). The van der Waals surface area contributed by atoms with Crippen LogP contribution in [-0.4, -0.2) is 10.9 Å². The number of amides is 1. The van der Waals surface area contributed by atoms with Gasteiger partial charge >= 0.3 is 0 Å². The fourth-order valence-corrected chi connectivity index (χ4v) is 2.15. The van der Waals surface area contributed by atoms with Crippen LogP contribution in [0.25, 0.3) is 0 Å². The van der Waals surface area contributed by atoms with E-state index in [2.05, 4.69) is 26.2 Å². The molecule has 2 aromatic rings. The minimum absolute atomic E-state index is 0.249. The first-order valence-corrected chi connectivity index (χ1v) is 6.63. The van der Waals surface area contributed by atoms with Crippen molar-refractivity contribution >= 4 is 44.8 Å². The molecule has 4 nitrogen and oxygen atoms in total. The minimum atomic E-state index is -0.298. The van der Waals surface area contributed by atoms with Crippen molar-refractivity contribution in [2.24, 2.45) is 0 Å². The van der Waals surface area contributed by atoms with Crippen molar-refractivity contribution in [3.8, 4) is 0 Å². The highest BCUT2D eigenvalue weighted by Gasteiger charge is 2.13. The van der Waals surface area contributed by atoms with Crippen LogP contribution >= 0.6 is 27.5 Å². The minimum Gasteiger partial charge on any atom is -0.398 e. The van der Waals surface area contributed by atoms with Gasteiger partial charge in [0, 0.05) is 11.9 Å². The number of halogens is 2. The third-order valence-electron chi connectivity index (χ3n) is 2.50. The molecule has 0 saturated heterocycles. The number of nitrogens with zero attached hydrogens (tertiary/aromatic N) is 1. The summed E-state index contributed by atoms with van der Waals surface area (Å²) in [6, 6.07) is 6.85. The summed E-state index contributed by atoms with van der Waals surface area (Å²) >= 11 is 9.23. The van der Waals surface area contributed by atoms with Crippen molar-refractivity contribution < 1.29 is 4.79 Å². The van der Waals surface area contributed by atoms with E-state index in [0.29, 0.717) is 21.4 Å². The molecule has 1 amide bonds. The maximum atomic E-state index is 12.2. The average Bonchev–Trinajstić information content (AvgIpc) is 2.37. The van der Waals surface area contributed by atoms with E-state index in [-0.39, 0.29) is 11.1 Å². The van der Waals surface area contributed by atoms with Crippen molar-refractivity contribution in [1.29, 1.82) is 0 Å². The molecule has 0 radical (unpaired) electrons. The monoisotopic (exact) mass is 339 g/mol. The predicted molar refractivity (Wildman–Crippen MR) is 80.5 cm³/mol. The molecule has 0 bridgehead atoms. The van der Waals surface area contributed by atoms with E-state index in [1.165, 1.54) is 0 Å². The highest BCUT2D eigenvalue weighted by atomic mass is 79.9. The number of pyridine rings is 1. The lowest BCUT2D eigenvalue weighted by molar-refractivity contribution is 0.102. The summed E-state index contributed by atoms with van der Waals surface area (Å²) < 4.78 is 0.559. The van der Waals surface area contributed by atoms with Gasteiger partial charge in [0.25, 0.3) is 5.91 Å². The molecular formula is C13H11BrClN3O. The lowest BCUT2D eigenvalue weighted by Crippen LogP contribution is -2.14. The van der Waals surface area contributed by atoms with Gasteiger partial charge in [-0.05, 0) is 46.6 Å². The highest BCUT2D eigenvalue weighted by Crippen LogP contribution is 2.26. The molecule has 0 atom stereocenters. The molecule has 1 aromatic heterocycles. The Morgan fingerprint density at radius 1 is 1.47 bits per heavy atom. The Morgan fingerprint density at radius 3 is 2.95 bits per heavy atom. The van der Waals surface area contributed by atoms with Gasteiger partial charge in [-0.25, -0.2) is 4.98 Å². The lowest BCUT2D eigenvalue weighted by atomic mass is 10.2. The van der Waals surface area contributed by atoms with E-state index in [1.807, 2.05) is 6.92 Å². The zero-order valence-corrected chi connectivity index (χ0v) is 12.4. The summed E-state index contributed by atoms with van der Waals surface area (Å²) in [6.45, 7) is 1.87. The lowest BCUT2D eigenvalue weighted by Gasteiger charge is -2.09. The van der Waals surface area contributed by atoms with Gasteiger partial charge in [0.15, 0.2) is 5.15 Å². The first-order chi connectivity index (χ1) is 8.99. The number of aryl methyl sites for hydroxylation is 1. The Bertz CT molecular complexity index is 646. The Labute approximate surface area is 124 Å². The summed E-state index contributed by atoms with van der Waals surface area (Å²) in [6.07, 6.45) is 1.63. The van der Waals surface area contributed by atoms with Crippen LogP contribution in [0, 0.1) is 6.92 Å². The zero-order chi connectivity index (χ0) is 14.0. The van der Waals surface area contributed by atoms with E-state index in [0.717, 1.165) is 5.56 Å². The fourth-order valence-electron chi connectivity index (χ4n) is 1.56. The zero-order valence-electron chi connectivity index (χ0n) is 10.1. The highest BCUT2D eigenvalue weighted by molar-refractivity contribution is 9.10. The SMILES string of the molecule is Cc1cnc(Cl)c(NC(=O)c2cccc(N)c2Br)c1. The standard InChI is InChI=1S/C13H11BrClN3O/c1-7-5-10(12(15)17-6-7)18-13(19)8-3-2-4-9(16)11(8)14/h2-6H,16H2,1H3,(H,18,19). The van der Waals surface area contributed by atoms with Gasteiger partial charge in [-0.1, -0.05) is 17.7 Å². The van der Waals surface area contributed by atoms with E-state index in [4.69, 9.17) is 17.3 Å². The molecule has 0 fully saturated rings. The van der Waals surface area contributed by atoms with E-state index in [1.54, 1.807) is 30.5 Å². The predicted octanol–water partition coefficient (Wildman–Crippen LogP) is 3.64. The number of aromatic nitrogens is 1. The smallest absolute Gasteiger partial charge is 0.256 e. The molecule has 0 spiro atoms. The maximum absolute atomic E-state index is 12.2. The van der Waals surface area contributed by atoms with Crippen molar-refractivity contribution in [3.63, 3.8) is 0 Å². The quantitative estimate of drug-likeness (QED) is 0.648. The van der Waals surface area contributed by atoms with Crippen LogP contribution in [0.15, 0.2) is 34.9 Å². The largest absolute Gasteiger partial charge is 0.398 e. The van der Waals surface area contributed by atoms with Crippen LogP contribution in [0.5, 0.6) is 0 Å². The third kappa shape index (κ3) is 3.05. The number of carbonyl (C=O) groups is 1. The second-order valence-electron chi connectivity index (χ2n) is 4.01. The number of nitrogen functional groups attached to an aromatic ring is 1. The van der Waals surface area contributed by atoms with E-state index in [9.17, 15) is 4.79 Å². The van der Waals surface area contributed by atoms with Crippen LogP contribution in [0.4, 0.5) is 11.4 Å². The molecule has 0 aliphatic rings. The second-order valence-corrected chi connectivity index (χ2v) is 5.16. The summed E-state index contributed by atoms with van der Waals surface area (Å²) in [5.41, 5.74) is 8.07. The van der Waals surface area contributed by atoms with Crippen molar-refractivity contribution in [1.82, 2.24) is 4.98 Å². The fraction of sp³-hybridized carbons (Fsp3) is 0.0769. The normalized spacial score (nSPS) is 10.3. The molecule has 0 aliphatic heterocycles. The average molecular weight is 341 g/mol. The van der Waals surface area contributed by atoms with Crippen LogP contribution in [0.1, 0.15) is 15.9 Å². The summed E-state index contributed by atoms with van der Waals surface area (Å²) in [4.78, 5) is 16.1. The number of nitrogens with two attached hydrogens (primary N) is 1. The summed E-state index contributed by atoms with van der Waals surface area (Å²) in [5.74, 6) is -0.298. The summed E-state index contributed by atoms with van der Waals surface area (Å²) in [5, 5.41) is 2.97. The maximum Gasteiger partial charge on any atom is 0.256 e. The van der Waals surface area contributed by atoms with Crippen LogP contribution in [0.3, 0.4) is 0 Å². The van der Waals surface area contributed by atoms with Gasteiger partial charge in [-0.2, -0.15) is 0 Å². The van der Waals surface area contributed by atoms with E-state index < -0.39 is 0 Å². The number of benzene rings is 1. The van der Waals surface area contributed by atoms with Gasteiger partial charge in [0.1, 0.15) is 0 Å². The third-order valence-corrected chi connectivity index (χ3v) is 3.68. The van der Waals surface area contributed by atoms with Gasteiger partial charge in [-0.15, -0.1) is 0 Å². The van der Waals surface area contributed by atoms with Crippen LogP contribution in [-0.2, 0) is 0 Å². The first kappa shape index (κ1) is 13.8. The number of carbonyl (C=O) groups excluding carboxylic acids is 1. The van der Waals surface area contributed by atoms with Crippen molar-refractivity contribution in [2.75, 3.05) is 11.1 Å². The molecule has 19 heavy (non-hydrogen) atoms. The number of anilines is 2. The van der Waals surface area contributed by atoms with Gasteiger partial charge in [0.2, 0.25) is 0 Å². The number of nitrogens with one attached hydrogen (secondary N) is 1. The molecule has 0 aliphatic carbocycles. The van der Waals surface area contributed by atoms with E-state index >= 15 is 0 Å². The molecule has 0 unspecified atom stereocenters.